The Hall–Kier alpha value is -1.87. The SMILES string of the molecule is CCCCCCCCCCc1ccc(OCCOCCOCCOCCOCCOCCOCCOCCOCCO)c(C(=O)O)c1. The number of unbranched alkanes of at least 4 members (excludes halogenated alkanes) is 7. The van der Waals surface area contributed by atoms with Gasteiger partial charge in [-0.15, -0.1) is 0 Å². The summed E-state index contributed by atoms with van der Waals surface area (Å²) in [5.41, 5.74) is 1.23. The molecule has 0 bridgehead atoms. The Morgan fingerprint density at radius 1 is 0.532 bits per heavy atom. The predicted molar refractivity (Wildman–Crippen MR) is 179 cm³/mol. The van der Waals surface area contributed by atoms with Crippen LogP contribution < -0.4 is 4.74 Å². The average molecular weight is 675 g/mol. The van der Waals surface area contributed by atoms with Crippen LogP contribution in [0.4, 0.5) is 0 Å². The molecule has 12 nitrogen and oxygen atoms in total. The van der Waals surface area contributed by atoms with E-state index < -0.39 is 5.97 Å². The molecule has 0 saturated heterocycles. The van der Waals surface area contributed by atoms with Gasteiger partial charge in [-0.3, -0.25) is 0 Å². The normalized spacial score (nSPS) is 11.4. The van der Waals surface area contributed by atoms with Crippen LogP contribution in [0.1, 0.15) is 74.2 Å². The zero-order valence-corrected chi connectivity index (χ0v) is 28.8. The molecule has 0 amide bonds. The summed E-state index contributed by atoms with van der Waals surface area (Å²) in [7, 11) is 0. The second-order valence-electron chi connectivity index (χ2n) is 10.8. The van der Waals surface area contributed by atoms with Gasteiger partial charge in [0.1, 0.15) is 17.9 Å². The Bertz CT molecular complexity index is 826. The maximum Gasteiger partial charge on any atom is 0.339 e. The molecule has 0 atom stereocenters. The summed E-state index contributed by atoms with van der Waals surface area (Å²) >= 11 is 0. The highest BCUT2D eigenvalue weighted by Crippen LogP contribution is 2.22. The number of carboxylic acids is 1. The maximum atomic E-state index is 11.8. The van der Waals surface area contributed by atoms with Gasteiger partial charge in [-0.1, -0.05) is 57.9 Å². The summed E-state index contributed by atoms with van der Waals surface area (Å²) in [6.07, 6.45) is 10.9. The van der Waals surface area contributed by atoms with Crippen LogP contribution >= 0.6 is 0 Å². The molecule has 1 aromatic rings. The van der Waals surface area contributed by atoms with E-state index in [1.54, 1.807) is 12.1 Å². The summed E-state index contributed by atoms with van der Waals surface area (Å²) in [5.74, 6) is -0.614. The van der Waals surface area contributed by atoms with Crippen LogP contribution in [-0.4, -0.2) is 135 Å². The Balaban J connectivity index is 1.88. The molecule has 0 radical (unpaired) electrons. The fourth-order valence-electron chi connectivity index (χ4n) is 4.41. The van der Waals surface area contributed by atoms with Gasteiger partial charge in [0.05, 0.1) is 112 Å². The smallest absolute Gasteiger partial charge is 0.339 e. The minimum absolute atomic E-state index is 0.0197. The van der Waals surface area contributed by atoms with E-state index in [4.69, 9.17) is 47.7 Å². The topological polar surface area (TPSA) is 141 Å². The molecular weight excluding hydrogens is 612 g/mol. The summed E-state index contributed by atoms with van der Waals surface area (Å²) in [6.45, 7) is 9.80. The van der Waals surface area contributed by atoms with Crippen molar-refractivity contribution in [1.29, 1.82) is 0 Å². The van der Waals surface area contributed by atoms with Crippen LogP contribution in [0, 0.1) is 0 Å². The Labute approximate surface area is 282 Å². The summed E-state index contributed by atoms with van der Waals surface area (Å²) < 4.78 is 48.9. The number of benzene rings is 1. The summed E-state index contributed by atoms with van der Waals surface area (Å²) in [5, 5.41) is 18.2. The van der Waals surface area contributed by atoms with E-state index in [9.17, 15) is 9.90 Å². The molecule has 0 aliphatic rings. The highest BCUT2D eigenvalue weighted by atomic mass is 16.6. The quantitative estimate of drug-likeness (QED) is 0.0956. The number of carboxylic acid groups (broad SMARTS) is 1. The molecule has 1 aromatic carbocycles. The van der Waals surface area contributed by atoms with Gasteiger partial charge in [-0.2, -0.15) is 0 Å². The van der Waals surface area contributed by atoms with Crippen molar-refractivity contribution in [3.8, 4) is 5.75 Å². The highest BCUT2D eigenvalue weighted by Gasteiger charge is 2.12. The van der Waals surface area contributed by atoms with Crippen molar-refractivity contribution in [3.05, 3.63) is 29.3 Å². The van der Waals surface area contributed by atoms with Crippen molar-refractivity contribution in [1.82, 2.24) is 0 Å². The van der Waals surface area contributed by atoms with Gasteiger partial charge >= 0.3 is 5.97 Å². The molecule has 0 fully saturated rings. The van der Waals surface area contributed by atoms with E-state index in [0.717, 1.165) is 18.4 Å². The lowest BCUT2D eigenvalue weighted by atomic mass is 10.0. The zero-order chi connectivity index (χ0) is 33.9. The average Bonchev–Trinajstić information content (AvgIpc) is 3.07. The fourth-order valence-corrected chi connectivity index (χ4v) is 4.41. The van der Waals surface area contributed by atoms with Crippen LogP contribution in [0.5, 0.6) is 5.75 Å². The van der Waals surface area contributed by atoms with E-state index >= 15 is 0 Å². The first-order valence-electron chi connectivity index (χ1n) is 17.4. The Morgan fingerprint density at radius 2 is 0.915 bits per heavy atom. The van der Waals surface area contributed by atoms with E-state index in [0.29, 0.717) is 111 Å². The third-order valence-electron chi connectivity index (χ3n) is 6.92. The van der Waals surface area contributed by atoms with Crippen LogP contribution in [0.25, 0.3) is 0 Å². The second-order valence-corrected chi connectivity index (χ2v) is 10.8. The number of aromatic carboxylic acids is 1. The molecule has 0 aliphatic carbocycles. The van der Waals surface area contributed by atoms with Gasteiger partial charge in [0, 0.05) is 0 Å². The standard InChI is InChI=1S/C35H62O12/c1-2-3-4-5-6-7-8-9-10-32-11-12-34(33(31-32)35(37)38)47-30-29-46-28-27-45-26-25-44-24-23-43-22-21-42-20-19-41-18-17-40-16-15-39-14-13-36/h11-12,31,36H,2-10,13-30H2,1H3,(H,37,38). The Kier molecular flexibility index (Phi) is 31.2. The number of aliphatic hydroxyl groups excluding tert-OH is 1. The predicted octanol–water partition coefficient (Wildman–Crippen LogP) is 4.57. The molecule has 274 valence electrons. The molecule has 0 heterocycles. The lowest BCUT2D eigenvalue weighted by Crippen LogP contribution is -2.15. The number of rotatable bonds is 37. The minimum atomic E-state index is -0.982. The minimum Gasteiger partial charge on any atom is -0.490 e. The molecule has 0 saturated carbocycles. The first-order chi connectivity index (χ1) is 23.2. The zero-order valence-electron chi connectivity index (χ0n) is 28.8. The van der Waals surface area contributed by atoms with Crippen LogP contribution in [0.3, 0.4) is 0 Å². The van der Waals surface area contributed by atoms with Gasteiger partial charge in [0.15, 0.2) is 0 Å². The molecule has 2 N–H and O–H groups in total. The van der Waals surface area contributed by atoms with E-state index in [2.05, 4.69) is 6.92 Å². The van der Waals surface area contributed by atoms with Gasteiger partial charge in [-0.25, -0.2) is 4.79 Å². The molecule has 1 rings (SSSR count). The highest BCUT2D eigenvalue weighted by molar-refractivity contribution is 5.91. The van der Waals surface area contributed by atoms with Gasteiger partial charge in [0.25, 0.3) is 0 Å². The number of hydrogen-bond acceptors (Lipinski definition) is 11. The van der Waals surface area contributed by atoms with E-state index in [1.165, 1.54) is 44.9 Å². The molecular formula is C35H62O12. The molecule has 12 heteroatoms. The van der Waals surface area contributed by atoms with Gasteiger partial charge in [-0.05, 0) is 30.5 Å². The van der Waals surface area contributed by atoms with Crippen LogP contribution in [0.15, 0.2) is 18.2 Å². The summed E-state index contributed by atoms with van der Waals surface area (Å²) in [4.78, 5) is 11.8. The van der Waals surface area contributed by atoms with E-state index in [-0.39, 0.29) is 18.8 Å². The first-order valence-corrected chi connectivity index (χ1v) is 17.4. The van der Waals surface area contributed by atoms with Crippen molar-refractivity contribution in [2.24, 2.45) is 0 Å². The third-order valence-corrected chi connectivity index (χ3v) is 6.92. The number of aryl methyl sites for hydroxylation is 1. The van der Waals surface area contributed by atoms with Crippen LogP contribution in [0.2, 0.25) is 0 Å². The van der Waals surface area contributed by atoms with Crippen molar-refractivity contribution >= 4 is 5.97 Å². The lowest BCUT2D eigenvalue weighted by Gasteiger charge is -2.12. The van der Waals surface area contributed by atoms with Crippen molar-refractivity contribution < 1.29 is 57.6 Å². The lowest BCUT2D eigenvalue weighted by molar-refractivity contribution is -0.0242. The van der Waals surface area contributed by atoms with Crippen LogP contribution in [-0.2, 0) is 44.3 Å². The number of aliphatic hydroxyl groups is 1. The fraction of sp³-hybridized carbons (Fsp3) is 0.800. The maximum absolute atomic E-state index is 11.8. The molecule has 0 unspecified atom stereocenters. The second kappa shape index (κ2) is 34.0. The number of hydrogen-bond donors (Lipinski definition) is 2. The number of carbonyl (C=O) groups is 1. The Morgan fingerprint density at radius 3 is 1.32 bits per heavy atom. The third kappa shape index (κ3) is 27.7. The first kappa shape index (κ1) is 43.2. The van der Waals surface area contributed by atoms with E-state index in [1.807, 2.05) is 6.07 Å². The molecule has 47 heavy (non-hydrogen) atoms. The van der Waals surface area contributed by atoms with Gasteiger partial charge < -0.3 is 52.8 Å². The molecule has 0 aromatic heterocycles. The van der Waals surface area contributed by atoms with Crippen molar-refractivity contribution in [2.45, 2.75) is 64.7 Å². The molecule has 0 aliphatic heterocycles. The number of ether oxygens (including phenoxy) is 9. The van der Waals surface area contributed by atoms with Crippen molar-refractivity contribution in [3.63, 3.8) is 0 Å². The monoisotopic (exact) mass is 674 g/mol. The van der Waals surface area contributed by atoms with Gasteiger partial charge in [0.2, 0.25) is 0 Å². The van der Waals surface area contributed by atoms with Crippen molar-refractivity contribution in [2.75, 3.05) is 119 Å². The summed E-state index contributed by atoms with van der Waals surface area (Å²) in [6, 6.07) is 5.45. The largest absolute Gasteiger partial charge is 0.490 e. The molecule has 0 spiro atoms.